The maximum absolute atomic E-state index is 13.2. The lowest BCUT2D eigenvalue weighted by Gasteiger charge is -2.22. The minimum absolute atomic E-state index is 0.0829. The van der Waals surface area contributed by atoms with Gasteiger partial charge in [-0.2, -0.15) is 5.10 Å². The van der Waals surface area contributed by atoms with Crippen molar-refractivity contribution in [2.75, 3.05) is 7.11 Å². The topological polar surface area (TPSA) is 62.1 Å². The second-order valence-electron chi connectivity index (χ2n) is 7.08. The van der Waals surface area contributed by atoms with Crippen molar-refractivity contribution in [1.29, 1.82) is 0 Å². The molecule has 29 heavy (non-hydrogen) atoms. The van der Waals surface area contributed by atoms with Gasteiger partial charge in [-0.25, -0.2) is 5.01 Å². The first-order chi connectivity index (χ1) is 14.1. The van der Waals surface area contributed by atoms with Gasteiger partial charge in [-0.3, -0.25) is 4.79 Å². The van der Waals surface area contributed by atoms with Crippen molar-refractivity contribution in [3.8, 4) is 11.5 Å². The van der Waals surface area contributed by atoms with Crippen molar-refractivity contribution in [3.05, 3.63) is 95.1 Å². The monoisotopic (exact) mass is 386 g/mol. The van der Waals surface area contributed by atoms with Gasteiger partial charge < -0.3 is 9.84 Å². The normalized spacial score (nSPS) is 15.9. The molecule has 1 aliphatic rings. The molecule has 1 heterocycles. The molecule has 0 aliphatic carbocycles. The molecule has 3 aromatic rings. The number of hydrogen-bond acceptors (Lipinski definition) is 4. The van der Waals surface area contributed by atoms with Crippen LogP contribution in [0.4, 0.5) is 0 Å². The van der Waals surface area contributed by atoms with E-state index in [1.165, 1.54) is 5.01 Å². The lowest BCUT2D eigenvalue weighted by Crippen LogP contribution is -2.27. The second kappa shape index (κ2) is 7.80. The second-order valence-corrected chi connectivity index (χ2v) is 7.08. The van der Waals surface area contributed by atoms with Gasteiger partial charge in [0.1, 0.15) is 11.5 Å². The zero-order valence-electron chi connectivity index (χ0n) is 16.4. The molecule has 4 rings (SSSR count). The highest BCUT2D eigenvalue weighted by Crippen LogP contribution is 2.36. The Bertz CT molecular complexity index is 1060. The van der Waals surface area contributed by atoms with Gasteiger partial charge in [0.2, 0.25) is 0 Å². The average Bonchev–Trinajstić information content (AvgIpc) is 3.19. The largest absolute Gasteiger partial charge is 0.507 e. The van der Waals surface area contributed by atoms with E-state index in [1.807, 2.05) is 61.5 Å². The molecule has 0 bridgehead atoms. The number of carbonyl (C=O) groups is 1. The molecule has 146 valence electrons. The fourth-order valence-corrected chi connectivity index (χ4v) is 3.51. The van der Waals surface area contributed by atoms with E-state index >= 15 is 0 Å². The molecule has 1 amide bonds. The number of nitrogens with zero attached hydrogens (tertiary/aromatic N) is 2. The first kappa shape index (κ1) is 18.7. The smallest absolute Gasteiger partial charge is 0.274 e. The maximum atomic E-state index is 13.2. The van der Waals surface area contributed by atoms with E-state index in [2.05, 4.69) is 5.10 Å². The van der Waals surface area contributed by atoms with Crippen molar-refractivity contribution in [2.45, 2.75) is 19.4 Å². The van der Waals surface area contributed by atoms with E-state index in [0.29, 0.717) is 29.0 Å². The predicted octanol–water partition coefficient (Wildman–Crippen LogP) is 4.70. The van der Waals surface area contributed by atoms with Crippen LogP contribution in [0.1, 0.15) is 39.5 Å². The minimum Gasteiger partial charge on any atom is -0.507 e. The number of aromatic hydroxyl groups is 1. The van der Waals surface area contributed by atoms with Crippen LogP contribution < -0.4 is 4.74 Å². The number of aryl methyl sites for hydroxylation is 1. The third kappa shape index (κ3) is 3.72. The summed E-state index contributed by atoms with van der Waals surface area (Å²) in [7, 11) is 1.55. The van der Waals surface area contributed by atoms with Gasteiger partial charge >= 0.3 is 0 Å². The molecule has 0 aromatic heterocycles. The summed E-state index contributed by atoms with van der Waals surface area (Å²) in [5, 5.41) is 16.6. The lowest BCUT2D eigenvalue weighted by molar-refractivity contribution is 0.0711. The number of hydrogen-bond donors (Lipinski definition) is 1. The molecule has 1 aliphatic heterocycles. The Kier molecular flexibility index (Phi) is 5.04. The van der Waals surface area contributed by atoms with Crippen LogP contribution in [0.5, 0.6) is 11.5 Å². The number of amides is 1. The number of carbonyl (C=O) groups excluding carboxylic acids is 1. The molecule has 0 saturated heterocycles. The Balaban J connectivity index is 1.73. The maximum Gasteiger partial charge on any atom is 0.274 e. The van der Waals surface area contributed by atoms with Crippen molar-refractivity contribution in [2.24, 2.45) is 5.10 Å². The Hall–Kier alpha value is -3.60. The Morgan fingerprint density at radius 1 is 1.07 bits per heavy atom. The summed E-state index contributed by atoms with van der Waals surface area (Å²) in [4.78, 5) is 13.2. The van der Waals surface area contributed by atoms with Crippen molar-refractivity contribution in [3.63, 3.8) is 0 Å². The molecule has 3 aromatic carbocycles. The molecule has 0 fully saturated rings. The quantitative estimate of drug-likeness (QED) is 0.707. The minimum atomic E-state index is -0.235. The van der Waals surface area contributed by atoms with Crippen LogP contribution in [-0.2, 0) is 0 Å². The van der Waals surface area contributed by atoms with Gasteiger partial charge in [-0.15, -0.1) is 0 Å². The number of hydrazone groups is 1. The van der Waals surface area contributed by atoms with Gasteiger partial charge in [0.15, 0.2) is 0 Å². The molecule has 0 saturated carbocycles. The highest BCUT2D eigenvalue weighted by molar-refractivity contribution is 6.06. The molecule has 1 N–H and O–H groups in total. The van der Waals surface area contributed by atoms with E-state index in [0.717, 1.165) is 11.1 Å². The number of methoxy groups -OCH3 is 1. The van der Waals surface area contributed by atoms with Gasteiger partial charge in [-0.05, 0) is 36.8 Å². The molecule has 0 unspecified atom stereocenters. The van der Waals surface area contributed by atoms with E-state index in [-0.39, 0.29) is 17.7 Å². The number of benzene rings is 3. The summed E-state index contributed by atoms with van der Waals surface area (Å²) in [6, 6.07) is 22.2. The third-order valence-corrected chi connectivity index (χ3v) is 5.12. The number of phenols is 1. The molecule has 0 radical (unpaired) electrons. The number of phenolic OH excluding ortho intramolecular Hbond substituents is 1. The summed E-state index contributed by atoms with van der Waals surface area (Å²) in [5.41, 5.74) is 3.94. The van der Waals surface area contributed by atoms with Gasteiger partial charge in [0, 0.05) is 23.6 Å². The van der Waals surface area contributed by atoms with Crippen molar-refractivity contribution in [1.82, 2.24) is 5.01 Å². The predicted molar refractivity (Wildman–Crippen MR) is 112 cm³/mol. The summed E-state index contributed by atoms with van der Waals surface area (Å²) >= 11 is 0. The highest BCUT2D eigenvalue weighted by Gasteiger charge is 2.34. The van der Waals surface area contributed by atoms with Crippen molar-refractivity contribution < 1.29 is 14.6 Å². The molecule has 5 nitrogen and oxygen atoms in total. The Morgan fingerprint density at radius 2 is 1.79 bits per heavy atom. The molecule has 0 spiro atoms. The highest BCUT2D eigenvalue weighted by atomic mass is 16.5. The van der Waals surface area contributed by atoms with E-state index < -0.39 is 0 Å². The van der Waals surface area contributed by atoms with Crippen LogP contribution in [0.3, 0.4) is 0 Å². The van der Waals surface area contributed by atoms with E-state index in [9.17, 15) is 9.90 Å². The first-order valence-corrected chi connectivity index (χ1v) is 9.47. The van der Waals surface area contributed by atoms with Gasteiger partial charge in [0.05, 0.1) is 18.9 Å². The third-order valence-electron chi connectivity index (χ3n) is 5.12. The Labute approximate surface area is 169 Å². The fourth-order valence-electron chi connectivity index (χ4n) is 3.51. The standard InChI is InChI=1S/C24H22N2O3/c1-16-8-10-18(11-9-16)24(28)26-22(17-6-4-3-5-7-17)15-21(25-26)20-13-12-19(29-2)14-23(20)27/h3-14,22,27H,15H2,1-2H3/t22-/m0/s1. The zero-order valence-corrected chi connectivity index (χ0v) is 16.4. The van der Waals surface area contributed by atoms with Gasteiger partial charge in [0.25, 0.3) is 5.91 Å². The number of ether oxygens (including phenoxy) is 1. The summed E-state index contributed by atoms with van der Waals surface area (Å²) in [6.45, 7) is 1.99. The van der Waals surface area contributed by atoms with Crippen LogP contribution >= 0.6 is 0 Å². The molecule has 1 atom stereocenters. The van der Waals surface area contributed by atoms with Crippen LogP contribution in [0, 0.1) is 6.92 Å². The van der Waals surface area contributed by atoms with Crippen molar-refractivity contribution >= 4 is 11.6 Å². The molecular weight excluding hydrogens is 364 g/mol. The zero-order chi connectivity index (χ0) is 20.4. The summed E-state index contributed by atoms with van der Waals surface area (Å²) in [5.74, 6) is 0.485. The van der Waals surface area contributed by atoms with Crippen LogP contribution in [-0.4, -0.2) is 28.8 Å². The van der Waals surface area contributed by atoms with E-state index in [1.54, 1.807) is 25.3 Å². The summed E-state index contributed by atoms with van der Waals surface area (Å²) < 4.78 is 5.17. The lowest BCUT2D eigenvalue weighted by atomic mass is 9.97. The van der Waals surface area contributed by atoms with Crippen LogP contribution in [0.15, 0.2) is 77.9 Å². The van der Waals surface area contributed by atoms with Crippen LogP contribution in [0.2, 0.25) is 0 Å². The van der Waals surface area contributed by atoms with E-state index in [4.69, 9.17) is 4.74 Å². The molecular formula is C24H22N2O3. The van der Waals surface area contributed by atoms with Crippen LogP contribution in [0.25, 0.3) is 0 Å². The SMILES string of the molecule is COc1ccc(C2=NN(C(=O)c3ccc(C)cc3)[C@H](c3ccccc3)C2)c(O)c1. The Morgan fingerprint density at radius 3 is 2.45 bits per heavy atom. The summed E-state index contributed by atoms with van der Waals surface area (Å²) in [6.07, 6.45) is 0.515. The van der Waals surface area contributed by atoms with Gasteiger partial charge in [-0.1, -0.05) is 48.0 Å². The molecule has 5 heteroatoms. The first-order valence-electron chi connectivity index (χ1n) is 9.47. The number of rotatable bonds is 4. The fraction of sp³-hybridized carbons (Fsp3) is 0.167. The average molecular weight is 386 g/mol.